The molecule has 1 aromatic heterocycles. The number of carbonyl (C=O) groups is 1. The van der Waals surface area contributed by atoms with Crippen LogP contribution < -0.4 is 10.6 Å². The van der Waals surface area contributed by atoms with E-state index in [1.54, 1.807) is 11.3 Å². The summed E-state index contributed by atoms with van der Waals surface area (Å²) in [6, 6.07) is 8.55. The van der Waals surface area contributed by atoms with Gasteiger partial charge >= 0.3 is 0 Å². The third-order valence-corrected chi connectivity index (χ3v) is 6.28. The molecule has 2 N–H and O–H groups in total. The molecule has 4 nitrogen and oxygen atoms in total. The number of likely N-dealkylation sites (N-methyl/N-ethyl adjacent to an activating group) is 1. The standard InChI is InChI=1S/C20H25N3OS/c1-20(2,3)13-7-5-12(6-8-13)17-21-18(24)16-14-9-10-23(4)11-15(14)25-19(16)22-17/h5-8,17,22H,9-11H2,1-4H3,(H,21,24). The Bertz CT molecular complexity index is 817. The number of benzene rings is 1. The fraction of sp³-hybridized carbons (Fsp3) is 0.450. The van der Waals surface area contributed by atoms with Crippen molar-refractivity contribution in [2.24, 2.45) is 0 Å². The van der Waals surface area contributed by atoms with Crippen LogP contribution in [0.15, 0.2) is 24.3 Å². The molecule has 2 aromatic rings. The Hall–Kier alpha value is -1.85. The largest absolute Gasteiger partial charge is 0.353 e. The van der Waals surface area contributed by atoms with E-state index in [1.165, 1.54) is 16.0 Å². The summed E-state index contributed by atoms with van der Waals surface area (Å²) in [6.07, 6.45) is 0.796. The quantitative estimate of drug-likeness (QED) is 0.816. The summed E-state index contributed by atoms with van der Waals surface area (Å²) in [5.41, 5.74) is 4.64. The highest BCUT2D eigenvalue weighted by Gasteiger charge is 2.32. The summed E-state index contributed by atoms with van der Waals surface area (Å²) < 4.78 is 0. The van der Waals surface area contributed by atoms with Crippen molar-refractivity contribution in [1.82, 2.24) is 10.2 Å². The minimum Gasteiger partial charge on any atom is -0.353 e. The molecule has 25 heavy (non-hydrogen) atoms. The first-order valence-corrected chi connectivity index (χ1v) is 9.65. The molecule has 4 rings (SSSR count). The second-order valence-corrected chi connectivity index (χ2v) is 9.22. The number of anilines is 1. The molecular formula is C20H25N3OS. The van der Waals surface area contributed by atoms with Crippen molar-refractivity contribution >= 4 is 22.2 Å². The number of rotatable bonds is 1. The molecule has 1 unspecified atom stereocenters. The molecule has 5 heteroatoms. The van der Waals surface area contributed by atoms with Crippen molar-refractivity contribution in [2.75, 3.05) is 18.9 Å². The number of nitrogens with one attached hydrogen (secondary N) is 2. The number of amides is 1. The van der Waals surface area contributed by atoms with Gasteiger partial charge in [0.15, 0.2) is 0 Å². The van der Waals surface area contributed by atoms with Gasteiger partial charge in [0.25, 0.3) is 5.91 Å². The molecule has 3 heterocycles. The van der Waals surface area contributed by atoms with Crippen LogP contribution in [-0.4, -0.2) is 24.4 Å². The van der Waals surface area contributed by atoms with E-state index in [0.717, 1.165) is 35.6 Å². The Kier molecular flexibility index (Phi) is 3.89. The van der Waals surface area contributed by atoms with Crippen molar-refractivity contribution < 1.29 is 4.79 Å². The number of fused-ring (bicyclic) bond motifs is 3. The number of carbonyl (C=O) groups excluding carboxylic acids is 1. The van der Waals surface area contributed by atoms with Crippen molar-refractivity contribution in [2.45, 2.75) is 45.3 Å². The Morgan fingerprint density at radius 3 is 2.56 bits per heavy atom. The van der Waals surface area contributed by atoms with Gasteiger partial charge in [-0.15, -0.1) is 11.3 Å². The van der Waals surface area contributed by atoms with E-state index in [9.17, 15) is 4.79 Å². The first-order chi connectivity index (χ1) is 11.8. The highest BCUT2D eigenvalue weighted by molar-refractivity contribution is 7.16. The summed E-state index contributed by atoms with van der Waals surface area (Å²) >= 11 is 1.74. The summed E-state index contributed by atoms with van der Waals surface area (Å²) in [5, 5.41) is 7.70. The molecule has 0 bridgehead atoms. The maximum atomic E-state index is 12.8. The number of thiophene rings is 1. The van der Waals surface area contributed by atoms with Gasteiger partial charge in [-0.05, 0) is 35.6 Å². The van der Waals surface area contributed by atoms with E-state index < -0.39 is 0 Å². The lowest BCUT2D eigenvalue weighted by Gasteiger charge is -2.28. The minimum atomic E-state index is -0.160. The predicted molar refractivity (Wildman–Crippen MR) is 103 cm³/mol. The first kappa shape index (κ1) is 16.6. The maximum absolute atomic E-state index is 12.8. The van der Waals surface area contributed by atoms with Crippen molar-refractivity contribution in [3.05, 3.63) is 51.4 Å². The summed E-state index contributed by atoms with van der Waals surface area (Å²) in [6.45, 7) is 8.58. The van der Waals surface area contributed by atoms with Crippen LogP contribution in [-0.2, 0) is 18.4 Å². The molecule has 1 aromatic carbocycles. The van der Waals surface area contributed by atoms with Crippen LogP contribution in [0.25, 0.3) is 0 Å². The highest BCUT2D eigenvalue weighted by Crippen LogP contribution is 2.40. The van der Waals surface area contributed by atoms with E-state index in [0.29, 0.717) is 0 Å². The van der Waals surface area contributed by atoms with Crippen LogP contribution in [0.2, 0.25) is 0 Å². The SMILES string of the molecule is CN1CCc2c(sc3c2C(=O)NC(c2ccc(C(C)(C)C)cc2)N3)C1. The zero-order valence-corrected chi connectivity index (χ0v) is 16.1. The van der Waals surface area contributed by atoms with Crippen LogP contribution in [0, 0.1) is 0 Å². The molecule has 2 aliphatic heterocycles. The van der Waals surface area contributed by atoms with Crippen molar-refractivity contribution in [3.63, 3.8) is 0 Å². The molecular weight excluding hydrogens is 330 g/mol. The topological polar surface area (TPSA) is 44.4 Å². The summed E-state index contributed by atoms with van der Waals surface area (Å²) in [5.74, 6) is 0.0562. The van der Waals surface area contributed by atoms with E-state index >= 15 is 0 Å². The molecule has 0 saturated heterocycles. The van der Waals surface area contributed by atoms with Crippen LogP contribution in [0.5, 0.6) is 0 Å². The van der Waals surface area contributed by atoms with Gasteiger partial charge in [0.2, 0.25) is 0 Å². The van der Waals surface area contributed by atoms with Crippen LogP contribution in [0.4, 0.5) is 5.00 Å². The van der Waals surface area contributed by atoms with Crippen LogP contribution in [0.3, 0.4) is 0 Å². The number of hydrogen-bond donors (Lipinski definition) is 2. The smallest absolute Gasteiger partial charge is 0.256 e. The Balaban J connectivity index is 1.63. The maximum Gasteiger partial charge on any atom is 0.256 e. The number of nitrogens with zero attached hydrogens (tertiary/aromatic N) is 1. The zero-order valence-electron chi connectivity index (χ0n) is 15.3. The molecule has 0 radical (unpaired) electrons. The molecule has 0 spiro atoms. The third kappa shape index (κ3) is 2.96. The monoisotopic (exact) mass is 355 g/mol. The van der Waals surface area contributed by atoms with Gasteiger partial charge < -0.3 is 15.5 Å². The second-order valence-electron chi connectivity index (χ2n) is 8.12. The van der Waals surface area contributed by atoms with E-state index in [4.69, 9.17) is 0 Å². The second kappa shape index (κ2) is 5.85. The molecule has 2 aliphatic rings. The van der Waals surface area contributed by atoms with Crippen LogP contribution in [0.1, 0.15) is 58.9 Å². The average Bonchev–Trinajstić information content (AvgIpc) is 2.91. The summed E-state index contributed by atoms with van der Waals surface area (Å²) in [4.78, 5) is 16.4. The van der Waals surface area contributed by atoms with Gasteiger partial charge in [-0.2, -0.15) is 0 Å². The minimum absolute atomic E-state index is 0.0562. The lowest BCUT2D eigenvalue weighted by molar-refractivity contribution is 0.0935. The highest BCUT2D eigenvalue weighted by atomic mass is 32.1. The van der Waals surface area contributed by atoms with Crippen molar-refractivity contribution in [1.29, 1.82) is 0 Å². The van der Waals surface area contributed by atoms with Crippen LogP contribution >= 0.6 is 11.3 Å². The van der Waals surface area contributed by atoms with E-state index in [2.05, 4.69) is 67.6 Å². The molecule has 0 fully saturated rings. The lowest BCUT2D eigenvalue weighted by Crippen LogP contribution is -2.38. The molecule has 0 saturated carbocycles. The average molecular weight is 356 g/mol. The Labute approximate surface area is 153 Å². The molecule has 1 amide bonds. The van der Waals surface area contributed by atoms with Crippen molar-refractivity contribution in [3.8, 4) is 0 Å². The Morgan fingerprint density at radius 2 is 1.88 bits per heavy atom. The van der Waals surface area contributed by atoms with Gasteiger partial charge in [0.05, 0.1) is 5.56 Å². The first-order valence-electron chi connectivity index (χ1n) is 8.84. The van der Waals surface area contributed by atoms with Gasteiger partial charge in [0.1, 0.15) is 11.2 Å². The van der Waals surface area contributed by atoms with Gasteiger partial charge in [-0.3, -0.25) is 4.79 Å². The fourth-order valence-electron chi connectivity index (χ4n) is 3.59. The predicted octanol–water partition coefficient (Wildman–Crippen LogP) is 3.89. The van der Waals surface area contributed by atoms with Gasteiger partial charge in [0, 0.05) is 18.0 Å². The van der Waals surface area contributed by atoms with Gasteiger partial charge in [-0.1, -0.05) is 45.0 Å². The zero-order chi connectivity index (χ0) is 17.8. The Morgan fingerprint density at radius 1 is 1.16 bits per heavy atom. The number of hydrogen-bond acceptors (Lipinski definition) is 4. The fourth-order valence-corrected chi connectivity index (χ4v) is 4.94. The summed E-state index contributed by atoms with van der Waals surface area (Å²) in [7, 11) is 2.13. The molecule has 132 valence electrons. The third-order valence-electron chi connectivity index (χ3n) is 5.14. The lowest BCUT2D eigenvalue weighted by atomic mass is 9.86. The molecule has 1 atom stereocenters. The normalized spacial score (nSPS) is 20.5. The van der Waals surface area contributed by atoms with E-state index in [-0.39, 0.29) is 17.5 Å². The molecule has 0 aliphatic carbocycles. The van der Waals surface area contributed by atoms with E-state index in [1.807, 2.05) is 0 Å². The van der Waals surface area contributed by atoms with Gasteiger partial charge in [-0.25, -0.2) is 0 Å².